The Morgan fingerprint density at radius 3 is 2.21 bits per heavy atom. The second kappa shape index (κ2) is 8.40. The lowest BCUT2D eigenvalue weighted by molar-refractivity contribution is -0.375. The summed E-state index contributed by atoms with van der Waals surface area (Å²) in [7, 11) is 0. The van der Waals surface area contributed by atoms with Gasteiger partial charge in [-0.25, -0.2) is 14.2 Å². The van der Waals surface area contributed by atoms with Crippen LogP contribution in [0, 0.1) is 5.82 Å². The Morgan fingerprint density at radius 2 is 1.59 bits per heavy atom. The number of nitrogens with zero attached hydrogens (tertiary/aromatic N) is 1. The summed E-state index contributed by atoms with van der Waals surface area (Å²) in [6, 6.07) is 11.0. The van der Waals surface area contributed by atoms with Crippen LogP contribution in [0.4, 0.5) is 30.7 Å². The fraction of sp³-hybridized carbons (Fsp3) is 0.143. The van der Waals surface area contributed by atoms with Crippen LogP contribution in [0.3, 0.4) is 0 Å². The molecule has 0 unspecified atom stereocenters. The van der Waals surface area contributed by atoms with Gasteiger partial charge >= 0.3 is 18.0 Å². The molecule has 0 radical (unpaired) electrons. The van der Waals surface area contributed by atoms with Crippen LogP contribution in [-0.4, -0.2) is 22.4 Å². The molecule has 2 aromatic carbocycles. The third kappa shape index (κ3) is 4.30. The minimum atomic E-state index is -6.01. The van der Waals surface area contributed by atoms with E-state index in [9.17, 15) is 40.6 Å². The average molecular weight is 521 g/mol. The average Bonchev–Trinajstić information content (AvgIpc) is 3.20. The molecule has 4 nitrogen and oxygen atoms in total. The van der Waals surface area contributed by atoms with Crippen molar-refractivity contribution in [2.75, 3.05) is 0 Å². The summed E-state index contributed by atoms with van der Waals surface area (Å²) in [5.74, 6) is -0.472. The van der Waals surface area contributed by atoms with Gasteiger partial charge in [0.25, 0.3) is 5.60 Å². The number of fused-ring (bicyclic) bond motifs is 1. The Labute approximate surface area is 193 Å². The number of hydrogen-bond donors (Lipinski definition) is 1. The predicted octanol–water partition coefficient (Wildman–Crippen LogP) is 6.52. The first-order chi connectivity index (χ1) is 15.8. The van der Waals surface area contributed by atoms with Crippen LogP contribution in [0.15, 0.2) is 73.2 Å². The zero-order valence-corrected chi connectivity index (χ0v) is 18.0. The number of aromatic nitrogens is 1. The smallest absolute Gasteiger partial charge is 0.423 e. The minimum absolute atomic E-state index is 0.0323. The van der Waals surface area contributed by atoms with Crippen LogP contribution in [-0.2, 0) is 5.60 Å². The van der Waals surface area contributed by atoms with Gasteiger partial charge in [-0.15, -0.1) is 11.3 Å². The number of alkyl halides is 6. The van der Waals surface area contributed by atoms with Gasteiger partial charge in [0.2, 0.25) is 0 Å². The molecule has 4 rings (SSSR count). The molecule has 34 heavy (non-hydrogen) atoms. The topological polar surface area (TPSA) is 63.3 Å². The van der Waals surface area contributed by atoms with Crippen molar-refractivity contribution in [1.29, 1.82) is 0 Å². The summed E-state index contributed by atoms with van der Waals surface area (Å²) >= 11 is 0.752. The van der Waals surface area contributed by atoms with Gasteiger partial charge < -0.3 is 9.52 Å². The lowest BCUT2D eigenvalue weighted by atomic mass is 10.0. The molecule has 0 aliphatic heterocycles. The molecule has 13 heteroatoms. The molecular weight excluding hydrogens is 511 g/mol. The quantitative estimate of drug-likeness (QED) is 0.245. The maximum atomic E-state index is 13.2. The van der Waals surface area contributed by atoms with Crippen LogP contribution in [0.5, 0.6) is 0 Å². The van der Waals surface area contributed by atoms with Crippen LogP contribution in [0.25, 0.3) is 22.1 Å². The summed E-state index contributed by atoms with van der Waals surface area (Å²) in [4.78, 5) is 14.5. The molecule has 2 aromatic heterocycles. The normalized spacial score (nSPS) is 12.9. The summed E-state index contributed by atoms with van der Waals surface area (Å²) in [5.41, 5.74) is -4.71. The van der Waals surface area contributed by atoms with Crippen LogP contribution < -0.4 is 5.63 Å². The van der Waals surface area contributed by atoms with Gasteiger partial charge in [-0.3, -0.25) is 0 Å². The zero-order valence-electron chi connectivity index (χ0n) is 16.4. The second-order valence-corrected chi connectivity index (χ2v) is 9.29. The molecule has 0 saturated heterocycles. The number of halogens is 7. The molecule has 0 aliphatic carbocycles. The van der Waals surface area contributed by atoms with Crippen molar-refractivity contribution in [2.45, 2.75) is 27.2 Å². The third-order valence-corrected chi connectivity index (χ3v) is 6.91. The Bertz CT molecular complexity index is 1400. The van der Waals surface area contributed by atoms with E-state index in [1.807, 2.05) is 0 Å². The van der Waals surface area contributed by atoms with E-state index < -0.39 is 34.3 Å². The Morgan fingerprint density at radius 1 is 0.941 bits per heavy atom. The summed E-state index contributed by atoms with van der Waals surface area (Å²) in [5, 5.41) is 9.97. The molecule has 178 valence electrons. The van der Waals surface area contributed by atoms with Gasteiger partial charge in [0.15, 0.2) is 4.34 Å². The molecule has 0 bridgehead atoms. The molecule has 0 spiro atoms. The molecule has 0 atom stereocenters. The third-order valence-electron chi connectivity index (χ3n) is 4.74. The number of aliphatic hydroxyl groups is 1. The van der Waals surface area contributed by atoms with E-state index in [4.69, 9.17) is 4.42 Å². The fourth-order valence-corrected chi connectivity index (χ4v) is 5.20. The highest BCUT2D eigenvalue weighted by Crippen LogP contribution is 2.52. The van der Waals surface area contributed by atoms with Crippen molar-refractivity contribution in [1.82, 2.24) is 4.98 Å². The molecule has 0 amide bonds. The Hall–Kier alpha value is -2.90. The second-order valence-electron chi connectivity index (χ2n) is 6.94. The van der Waals surface area contributed by atoms with Crippen molar-refractivity contribution >= 4 is 34.1 Å². The largest absolute Gasteiger partial charge is 0.431 e. The number of hydrogen-bond acceptors (Lipinski definition) is 6. The molecule has 0 fully saturated rings. The molecular formula is C21H10F7NO3S2. The van der Waals surface area contributed by atoms with Crippen LogP contribution in [0.1, 0.15) is 4.88 Å². The van der Waals surface area contributed by atoms with Crippen molar-refractivity contribution < 1.29 is 40.3 Å². The monoisotopic (exact) mass is 521 g/mol. The number of thiazole rings is 1. The van der Waals surface area contributed by atoms with Gasteiger partial charge in [-0.1, -0.05) is 23.9 Å². The standard InChI is InChI=1S/C21H10F7NO3S2/c22-11-3-1-10(2-4-11)14-8-17(30)32-15-7-12(5-6-13(14)15)33-18-29-9-16(34-18)19(31,20(23,24)25)21(26,27)28/h1-9,31H. The first-order valence-electron chi connectivity index (χ1n) is 9.13. The van der Waals surface area contributed by atoms with E-state index in [0.717, 1.165) is 11.8 Å². The van der Waals surface area contributed by atoms with Gasteiger partial charge in [0.05, 0.1) is 4.88 Å². The van der Waals surface area contributed by atoms with Gasteiger partial charge in [-0.2, -0.15) is 26.3 Å². The van der Waals surface area contributed by atoms with Crippen molar-refractivity contribution in [3.05, 3.63) is 75.8 Å². The number of rotatable bonds is 4. The fourth-order valence-electron chi connectivity index (χ4n) is 3.09. The maximum absolute atomic E-state index is 13.2. The lowest BCUT2D eigenvalue weighted by Gasteiger charge is -2.30. The highest BCUT2D eigenvalue weighted by Gasteiger charge is 2.72. The lowest BCUT2D eigenvalue weighted by Crippen LogP contribution is -2.53. The molecule has 0 aliphatic rings. The number of benzene rings is 2. The SMILES string of the molecule is O=c1cc(-c2ccc(F)cc2)c2ccc(Sc3ncc(C(O)(C(F)(F)F)C(F)(F)F)s3)cc2o1. The Kier molecular flexibility index (Phi) is 5.98. The highest BCUT2D eigenvalue weighted by molar-refractivity contribution is 8.01. The Balaban J connectivity index is 1.70. The highest BCUT2D eigenvalue weighted by atomic mass is 32.2. The molecule has 1 N–H and O–H groups in total. The van der Waals surface area contributed by atoms with Gasteiger partial charge in [0, 0.05) is 22.5 Å². The summed E-state index contributed by atoms with van der Waals surface area (Å²) in [6.07, 6.45) is -11.7. The van der Waals surface area contributed by atoms with E-state index >= 15 is 0 Å². The van der Waals surface area contributed by atoms with Crippen molar-refractivity contribution in [3.63, 3.8) is 0 Å². The van der Waals surface area contributed by atoms with E-state index in [0.29, 0.717) is 27.6 Å². The van der Waals surface area contributed by atoms with Gasteiger partial charge in [-0.05, 0) is 41.5 Å². The van der Waals surface area contributed by atoms with Crippen LogP contribution >= 0.6 is 23.1 Å². The predicted molar refractivity (Wildman–Crippen MR) is 110 cm³/mol. The molecule has 2 heterocycles. The first kappa shape index (κ1) is 24.2. The summed E-state index contributed by atoms with van der Waals surface area (Å²) in [6.45, 7) is 0. The summed E-state index contributed by atoms with van der Waals surface area (Å²) < 4.78 is 96.6. The molecule has 0 saturated carbocycles. The zero-order chi connectivity index (χ0) is 24.9. The maximum Gasteiger partial charge on any atom is 0.431 e. The first-order valence-corrected chi connectivity index (χ1v) is 10.8. The molecule has 4 aromatic rings. The minimum Gasteiger partial charge on any atom is -0.423 e. The van der Waals surface area contributed by atoms with E-state index in [1.54, 1.807) is 0 Å². The van der Waals surface area contributed by atoms with Crippen molar-refractivity contribution in [2.24, 2.45) is 0 Å². The van der Waals surface area contributed by atoms with E-state index in [2.05, 4.69) is 4.98 Å². The van der Waals surface area contributed by atoms with E-state index in [-0.39, 0.29) is 21.3 Å². The van der Waals surface area contributed by atoms with E-state index in [1.165, 1.54) is 48.5 Å². The van der Waals surface area contributed by atoms with Crippen molar-refractivity contribution in [3.8, 4) is 11.1 Å². The van der Waals surface area contributed by atoms with Crippen LogP contribution in [0.2, 0.25) is 0 Å². The van der Waals surface area contributed by atoms with Gasteiger partial charge in [0.1, 0.15) is 11.4 Å².